The van der Waals surface area contributed by atoms with E-state index in [1.54, 1.807) is 4.90 Å². The lowest BCUT2D eigenvalue weighted by molar-refractivity contribution is -0.141. The van der Waals surface area contributed by atoms with Gasteiger partial charge in [0.05, 0.1) is 6.04 Å². The number of hydrogen-bond acceptors (Lipinski definition) is 5. The van der Waals surface area contributed by atoms with Gasteiger partial charge in [-0.3, -0.25) is 14.5 Å². The molecule has 3 aliphatic heterocycles. The summed E-state index contributed by atoms with van der Waals surface area (Å²) in [5.74, 6) is 0.385. The van der Waals surface area contributed by atoms with E-state index >= 15 is 0 Å². The van der Waals surface area contributed by atoms with Crippen LogP contribution >= 0.6 is 0 Å². The van der Waals surface area contributed by atoms with E-state index in [9.17, 15) is 14.4 Å². The molecule has 0 saturated carbocycles. The molecule has 3 saturated heterocycles. The number of methoxy groups -OCH3 is 1. The highest BCUT2D eigenvalue weighted by Gasteiger charge is 2.54. The van der Waals surface area contributed by atoms with Crippen LogP contribution in [0.15, 0.2) is 0 Å². The van der Waals surface area contributed by atoms with Gasteiger partial charge in [0, 0.05) is 39.8 Å². The zero-order valence-electron chi connectivity index (χ0n) is 16.7. The Labute approximate surface area is 161 Å². The third-order valence-electron chi connectivity index (χ3n) is 5.91. The highest BCUT2D eigenvalue weighted by atomic mass is 16.5. The summed E-state index contributed by atoms with van der Waals surface area (Å²) in [7, 11) is 1.49. The molecule has 8 heteroatoms. The standard InChI is InChI=1S/C19H32N4O4/c1-14(2)11-21-9-6-19(7-10-21)17(25)23(18(26)20-19)15-5-4-8-22(12-15)16(24)13-27-3/h14-15H,4-13H2,1-3H3,(H,20,26). The number of rotatable bonds is 5. The number of amides is 4. The Morgan fingerprint density at radius 2 is 1.96 bits per heavy atom. The summed E-state index contributed by atoms with van der Waals surface area (Å²) in [5.41, 5.74) is -0.761. The molecule has 1 spiro atoms. The number of nitrogens with one attached hydrogen (secondary N) is 1. The van der Waals surface area contributed by atoms with Gasteiger partial charge in [-0.05, 0) is 31.6 Å². The van der Waals surface area contributed by atoms with Crippen LogP contribution in [0.3, 0.4) is 0 Å². The number of piperidine rings is 2. The molecule has 3 heterocycles. The van der Waals surface area contributed by atoms with Gasteiger partial charge in [0.25, 0.3) is 5.91 Å². The van der Waals surface area contributed by atoms with E-state index < -0.39 is 5.54 Å². The monoisotopic (exact) mass is 380 g/mol. The fourth-order valence-corrected chi connectivity index (χ4v) is 4.55. The Kier molecular flexibility index (Phi) is 6.05. The summed E-state index contributed by atoms with van der Waals surface area (Å²) >= 11 is 0. The molecule has 3 aliphatic rings. The Bertz CT molecular complexity index is 586. The van der Waals surface area contributed by atoms with Crippen LogP contribution in [0, 0.1) is 5.92 Å². The first-order valence-electron chi connectivity index (χ1n) is 10.0. The number of ether oxygens (including phenoxy) is 1. The second kappa shape index (κ2) is 8.14. The zero-order valence-corrected chi connectivity index (χ0v) is 16.7. The third kappa shape index (κ3) is 4.11. The van der Waals surface area contributed by atoms with Crippen LogP contribution in [0.2, 0.25) is 0 Å². The molecular formula is C19H32N4O4. The fraction of sp³-hybridized carbons (Fsp3) is 0.842. The quantitative estimate of drug-likeness (QED) is 0.709. The number of carbonyl (C=O) groups is 3. The molecule has 0 radical (unpaired) electrons. The van der Waals surface area contributed by atoms with Crippen molar-refractivity contribution < 1.29 is 19.1 Å². The highest BCUT2D eigenvalue weighted by molar-refractivity contribution is 6.07. The van der Waals surface area contributed by atoms with Crippen LogP contribution in [-0.2, 0) is 14.3 Å². The van der Waals surface area contributed by atoms with Crippen molar-refractivity contribution in [3.8, 4) is 0 Å². The zero-order chi connectivity index (χ0) is 19.6. The Hall–Kier alpha value is -1.67. The SMILES string of the molecule is COCC(=O)N1CCCC(N2C(=O)NC3(CCN(CC(C)C)CC3)C2=O)C1. The van der Waals surface area contributed by atoms with Gasteiger partial charge >= 0.3 is 6.03 Å². The molecule has 1 N–H and O–H groups in total. The van der Waals surface area contributed by atoms with Gasteiger partial charge in [0.1, 0.15) is 12.1 Å². The van der Waals surface area contributed by atoms with Crippen molar-refractivity contribution >= 4 is 17.8 Å². The average molecular weight is 380 g/mol. The summed E-state index contributed by atoms with van der Waals surface area (Å²) in [6.45, 7) is 8.11. The molecule has 27 heavy (non-hydrogen) atoms. The van der Waals surface area contributed by atoms with Crippen LogP contribution < -0.4 is 5.32 Å². The van der Waals surface area contributed by atoms with Crippen LogP contribution in [0.4, 0.5) is 4.79 Å². The largest absolute Gasteiger partial charge is 0.375 e. The number of urea groups is 1. The number of nitrogens with zero attached hydrogens (tertiary/aromatic N) is 3. The normalized spacial score (nSPS) is 26.1. The minimum absolute atomic E-state index is 0.0302. The van der Waals surface area contributed by atoms with Gasteiger partial charge in [-0.2, -0.15) is 0 Å². The third-order valence-corrected chi connectivity index (χ3v) is 5.91. The molecule has 4 amide bonds. The number of carbonyl (C=O) groups excluding carboxylic acids is 3. The van der Waals surface area contributed by atoms with Crippen molar-refractivity contribution in [2.45, 2.75) is 51.1 Å². The molecule has 3 rings (SSSR count). The maximum Gasteiger partial charge on any atom is 0.325 e. The molecule has 0 bridgehead atoms. The average Bonchev–Trinajstić information content (AvgIpc) is 2.87. The maximum absolute atomic E-state index is 13.2. The van der Waals surface area contributed by atoms with Gasteiger partial charge < -0.3 is 19.9 Å². The fourth-order valence-electron chi connectivity index (χ4n) is 4.55. The maximum atomic E-state index is 13.2. The van der Waals surface area contributed by atoms with Crippen molar-refractivity contribution in [2.75, 3.05) is 46.4 Å². The summed E-state index contributed by atoms with van der Waals surface area (Å²) < 4.78 is 4.93. The molecule has 152 valence electrons. The van der Waals surface area contributed by atoms with Crippen LogP contribution in [-0.4, -0.2) is 90.6 Å². The summed E-state index contributed by atoms with van der Waals surface area (Å²) in [4.78, 5) is 43.5. The van der Waals surface area contributed by atoms with Crippen molar-refractivity contribution in [3.63, 3.8) is 0 Å². The molecule has 0 aromatic rings. The van der Waals surface area contributed by atoms with Crippen molar-refractivity contribution in [2.24, 2.45) is 5.92 Å². The Morgan fingerprint density at radius 3 is 2.59 bits per heavy atom. The van der Waals surface area contributed by atoms with Crippen molar-refractivity contribution in [1.29, 1.82) is 0 Å². The van der Waals surface area contributed by atoms with E-state index in [1.165, 1.54) is 12.0 Å². The number of imide groups is 1. The number of likely N-dealkylation sites (tertiary alicyclic amines) is 2. The second-order valence-corrected chi connectivity index (χ2v) is 8.45. The molecular weight excluding hydrogens is 348 g/mol. The molecule has 0 aliphatic carbocycles. The summed E-state index contributed by atoms with van der Waals surface area (Å²) in [5, 5.41) is 2.99. The van der Waals surface area contributed by atoms with Crippen LogP contribution in [0.1, 0.15) is 39.5 Å². The first-order valence-corrected chi connectivity index (χ1v) is 10.0. The van der Waals surface area contributed by atoms with E-state index in [-0.39, 0.29) is 30.5 Å². The van der Waals surface area contributed by atoms with E-state index in [2.05, 4.69) is 24.1 Å². The van der Waals surface area contributed by atoms with Crippen molar-refractivity contribution in [1.82, 2.24) is 20.0 Å². The predicted octanol–water partition coefficient (Wildman–Crippen LogP) is 0.666. The summed E-state index contributed by atoms with van der Waals surface area (Å²) in [6, 6.07) is -0.552. The lowest BCUT2D eigenvalue weighted by Crippen LogP contribution is -2.56. The predicted molar refractivity (Wildman–Crippen MR) is 100 cm³/mol. The van der Waals surface area contributed by atoms with E-state index in [1.807, 2.05) is 0 Å². The number of hydrogen-bond donors (Lipinski definition) is 1. The molecule has 1 unspecified atom stereocenters. The first-order chi connectivity index (χ1) is 12.9. The molecule has 0 aromatic heterocycles. The molecule has 3 fully saturated rings. The van der Waals surface area contributed by atoms with Gasteiger partial charge in [-0.25, -0.2) is 4.79 Å². The first kappa shape index (κ1) is 20.1. The van der Waals surface area contributed by atoms with Gasteiger partial charge in [0.2, 0.25) is 5.91 Å². The van der Waals surface area contributed by atoms with Crippen LogP contribution in [0.25, 0.3) is 0 Å². The van der Waals surface area contributed by atoms with Gasteiger partial charge in [0.15, 0.2) is 0 Å². The molecule has 1 atom stereocenters. The summed E-state index contributed by atoms with van der Waals surface area (Å²) in [6.07, 6.45) is 2.83. The van der Waals surface area contributed by atoms with Gasteiger partial charge in [-0.1, -0.05) is 13.8 Å². The molecule has 0 aromatic carbocycles. The Balaban J connectivity index is 1.65. The van der Waals surface area contributed by atoms with Crippen molar-refractivity contribution in [3.05, 3.63) is 0 Å². The minimum atomic E-state index is -0.761. The van der Waals surface area contributed by atoms with Gasteiger partial charge in [-0.15, -0.1) is 0 Å². The second-order valence-electron chi connectivity index (χ2n) is 8.45. The van der Waals surface area contributed by atoms with E-state index in [4.69, 9.17) is 4.74 Å². The highest BCUT2D eigenvalue weighted by Crippen LogP contribution is 2.32. The minimum Gasteiger partial charge on any atom is -0.375 e. The lowest BCUT2D eigenvalue weighted by atomic mass is 9.86. The smallest absolute Gasteiger partial charge is 0.325 e. The van der Waals surface area contributed by atoms with Crippen LogP contribution in [0.5, 0.6) is 0 Å². The lowest BCUT2D eigenvalue weighted by Gasteiger charge is -2.39. The van der Waals surface area contributed by atoms with E-state index in [0.717, 1.165) is 32.5 Å². The van der Waals surface area contributed by atoms with E-state index in [0.29, 0.717) is 31.8 Å². The topological polar surface area (TPSA) is 82.2 Å². The molecule has 8 nitrogen and oxygen atoms in total. The Morgan fingerprint density at radius 1 is 1.26 bits per heavy atom.